The first-order chi connectivity index (χ1) is 8.70. The third-order valence-electron chi connectivity index (χ3n) is 2.90. The molecule has 0 atom stereocenters. The van der Waals surface area contributed by atoms with Crippen molar-refractivity contribution < 1.29 is 0 Å². The molecule has 3 rings (SSSR count). The van der Waals surface area contributed by atoms with Crippen molar-refractivity contribution in [3.63, 3.8) is 0 Å². The van der Waals surface area contributed by atoms with E-state index >= 15 is 0 Å². The number of aromatic nitrogens is 3. The molecule has 0 spiro atoms. The minimum atomic E-state index is -0.0246. The van der Waals surface area contributed by atoms with Gasteiger partial charge in [0.2, 0.25) is 0 Å². The van der Waals surface area contributed by atoms with Crippen LogP contribution in [0, 0.1) is 6.92 Å². The predicted octanol–water partition coefficient (Wildman–Crippen LogP) is 1.92. The molecule has 0 amide bonds. The van der Waals surface area contributed by atoms with Crippen LogP contribution in [0.15, 0.2) is 47.4 Å². The molecule has 0 saturated carbocycles. The second-order valence-corrected chi connectivity index (χ2v) is 4.42. The van der Waals surface area contributed by atoms with Crippen molar-refractivity contribution in [2.45, 2.75) is 13.3 Å². The Bertz CT molecular complexity index is 738. The smallest absolute Gasteiger partial charge is 0.183 e. The summed E-state index contributed by atoms with van der Waals surface area (Å²) >= 11 is 0. The Hall–Kier alpha value is -2.36. The van der Waals surface area contributed by atoms with Crippen LogP contribution in [-0.2, 0) is 6.42 Å². The van der Waals surface area contributed by atoms with Crippen molar-refractivity contribution in [2.24, 2.45) is 0 Å². The minimum Gasteiger partial charge on any atom is -0.290 e. The number of nitrogens with one attached hydrogen (secondary N) is 1. The fourth-order valence-electron chi connectivity index (χ4n) is 1.93. The van der Waals surface area contributed by atoms with Gasteiger partial charge in [-0.25, -0.2) is 9.50 Å². The molecule has 0 fully saturated rings. The zero-order valence-electron chi connectivity index (χ0n) is 10.1. The summed E-state index contributed by atoms with van der Waals surface area (Å²) in [6.07, 6.45) is 2.43. The first-order valence-corrected chi connectivity index (χ1v) is 5.83. The van der Waals surface area contributed by atoms with Gasteiger partial charge < -0.3 is 0 Å². The molecule has 0 unspecified atom stereocenters. The zero-order chi connectivity index (χ0) is 12.5. The number of hydrogen-bond acceptors (Lipinski definition) is 2. The molecular weight excluding hydrogens is 226 g/mol. The quantitative estimate of drug-likeness (QED) is 0.742. The number of aromatic amines is 1. The van der Waals surface area contributed by atoms with E-state index < -0.39 is 0 Å². The Labute approximate surface area is 104 Å². The van der Waals surface area contributed by atoms with Gasteiger partial charge in [-0.2, -0.15) is 0 Å². The normalized spacial score (nSPS) is 10.9. The number of fused-ring (bicyclic) bond motifs is 1. The number of benzene rings is 1. The van der Waals surface area contributed by atoms with E-state index in [4.69, 9.17) is 0 Å². The molecule has 1 aromatic carbocycles. The molecular formula is C14H13N3O. The predicted molar refractivity (Wildman–Crippen MR) is 69.8 cm³/mol. The van der Waals surface area contributed by atoms with E-state index in [2.05, 4.69) is 41.3 Å². The molecule has 0 aliphatic carbocycles. The fraction of sp³-hybridized carbons (Fsp3) is 0.143. The van der Waals surface area contributed by atoms with E-state index in [1.807, 2.05) is 0 Å². The average Bonchev–Trinajstić information content (AvgIpc) is 2.73. The summed E-state index contributed by atoms with van der Waals surface area (Å²) < 4.78 is 1.75. The van der Waals surface area contributed by atoms with Crippen LogP contribution in [0.25, 0.3) is 5.65 Å². The number of rotatable bonds is 2. The van der Waals surface area contributed by atoms with Crippen molar-refractivity contribution in [3.8, 4) is 0 Å². The van der Waals surface area contributed by atoms with Crippen LogP contribution in [-0.4, -0.2) is 14.6 Å². The Morgan fingerprint density at radius 1 is 1.22 bits per heavy atom. The summed E-state index contributed by atoms with van der Waals surface area (Å²) in [5.41, 5.74) is 3.07. The maximum atomic E-state index is 11.2. The molecule has 4 heteroatoms. The highest BCUT2D eigenvalue weighted by atomic mass is 16.1. The van der Waals surface area contributed by atoms with Crippen LogP contribution >= 0.6 is 0 Å². The summed E-state index contributed by atoms with van der Waals surface area (Å²) in [4.78, 5) is 15.6. The van der Waals surface area contributed by atoms with Gasteiger partial charge in [0.15, 0.2) is 11.1 Å². The van der Waals surface area contributed by atoms with Crippen molar-refractivity contribution in [3.05, 3.63) is 69.8 Å². The monoisotopic (exact) mass is 239 g/mol. The van der Waals surface area contributed by atoms with Gasteiger partial charge in [0.05, 0.1) is 0 Å². The van der Waals surface area contributed by atoms with Gasteiger partial charge in [0.1, 0.15) is 5.82 Å². The molecule has 1 N–H and O–H groups in total. The first kappa shape index (κ1) is 10.8. The first-order valence-electron chi connectivity index (χ1n) is 5.83. The number of nitrogens with zero attached hydrogens (tertiary/aromatic N) is 2. The lowest BCUT2D eigenvalue weighted by atomic mass is 10.1. The van der Waals surface area contributed by atoms with Gasteiger partial charge in [-0.1, -0.05) is 29.8 Å². The van der Waals surface area contributed by atoms with E-state index in [1.165, 1.54) is 23.3 Å². The van der Waals surface area contributed by atoms with E-state index in [0.717, 1.165) is 12.2 Å². The zero-order valence-corrected chi connectivity index (χ0v) is 10.1. The molecule has 18 heavy (non-hydrogen) atoms. The van der Waals surface area contributed by atoms with Gasteiger partial charge >= 0.3 is 0 Å². The summed E-state index contributed by atoms with van der Waals surface area (Å²) in [6, 6.07) is 11.4. The standard InChI is InChI=1S/C14H13N3O/c1-10-2-4-11(5-3-10)8-13-15-14-9-12(18)6-7-17(14)16-13/h2-7,9H,8H2,1H3,(H,15,16). The second-order valence-electron chi connectivity index (χ2n) is 4.42. The average molecular weight is 239 g/mol. The fourth-order valence-corrected chi connectivity index (χ4v) is 1.93. The number of hydrogen-bond donors (Lipinski definition) is 1. The molecule has 0 saturated heterocycles. The summed E-state index contributed by atoms with van der Waals surface area (Å²) in [5, 5.41) is 3.15. The molecule has 0 radical (unpaired) electrons. The highest BCUT2D eigenvalue weighted by Crippen LogP contribution is 2.08. The summed E-state index contributed by atoms with van der Waals surface area (Å²) in [7, 11) is 0. The maximum absolute atomic E-state index is 11.2. The number of pyridine rings is 1. The Morgan fingerprint density at radius 2 is 2.00 bits per heavy atom. The van der Waals surface area contributed by atoms with E-state index in [-0.39, 0.29) is 5.43 Å². The second kappa shape index (κ2) is 4.14. The molecule has 0 aliphatic heterocycles. The van der Waals surface area contributed by atoms with Crippen molar-refractivity contribution in [1.29, 1.82) is 0 Å². The summed E-state index contributed by atoms with van der Waals surface area (Å²) in [6.45, 7) is 2.07. The van der Waals surface area contributed by atoms with Crippen molar-refractivity contribution in [2.75, 3.05) is 0 Å². The SMILES string of the molecule is Cc1ccc(Cc2nc3cc(=O)ccn3[nH]2)cc1. The Balaban J connectivity index is 1.95. The van der Waals surface area contributed by atoms with E-state index in [0.29, 0.717) is 5.65 Å². The molecule has 2 aromatic heterocycles. The maximum Gasteiger partial charge on any atom is 0.183 e. The lowest BCUT2D eigenvalue weighted by Crippen LogP contribution is -1.98. The number of H-pyrrole nitrogens is 1. The van der Waals surface area contributed by atoms with Gasteiger partial charge in [0, 0.05) is 24.8 Å². The van der Waals surface area contributed by atoms with Crippen LogP contribution in [0.2, 0.25) is 0 Å². The van der Waals surface area contributed by atoms with Crippen LogP contribution in [0.5, 0.6) is 0 Å². The Morgan fingerprint density at radius 3 is 2.78 bits per heavy atom. The molecule has 90 valence electrons. The van der Waals surface area contributed by atoms with E-state index in [9.17, 15) is 4.79 Å². The van der Waals surface area contributed by atoms with Crippen molar-refractivity contribution in [1.82, 2.24) is 14.6 Å². The van der Waals surface area contributed by atoms with E-state index in [1.54, 1.807) is 10.7 Å². The van der Waals surface area contributed by atoms with Gasteiger partial charge in [-0.05, 0) is 12.5 Å². The molecule has 4 nitrogen and oxygen atoms in total. The molecule has 0 aliphatic rings. The van der Waals surface area contributed by atoms with Gasteiger partial charge in [-0.3, -0.25) is 9.89 Å². The van der Waals surface area contributed by atoms with Crippen LogP contribution in [0.1, 0.15) is 17.0 Å². The minimum absolute atomic E-state index is 0.0246. The Kier molecular flexibility index (Phi) is 2.48. The number of aryl methyl sites for hydroxylation is 1. The van der Waals surface area contributed by atoms with Crippen LogP contribution < -0.4 is 5.43 Å². The molecule has 0 bridgehead atoms. The van der Waals surface area contributed by atoms with Crippen LogP contribution in [0.4, 0.5) is 0 Å². The third-order valence-corrected chi connectivity index (χ3v) is 2.90. The largest absolute Gasteiger partial charge is 0.290 e. The topological polar surface area (TPSA) is 50.2 Å². The summed E-state index contributed by atoms with van der Waals surface area (Å²) in [5.74, 6) is 0.851. The third kappa shape index (κ3) is 2.05. The van der Waals surface area contributed by atoms with Crippen molar-refractivity contribution >= 4 is 5.65 Å². The lowest BCUT2D eigenvalue weighted by Gasteiger charge is -1.98. The van der Waals surface area contributed by atoms with Crippen LogP contribution in [0.3, 0.4) is 0 Å². The molecule has 2 heterocycles. The molecule has 3 aromatic rings. The van der Waals surface area contributed by atoms with Gasteiger partial charge in [-0.15, -0.1) is 0 Å². The van der Waals surface area contributed by atoms with Gasteiger partial charge in [0.25, 0.3) is 0 Å². The highest BCUT2D eigenvalue weighted by Gasteiger charge is 2.03. The lowest BCUT2D eigenvalue weighted by molar-refractivity contribution is 0.898. The highest BCUT2D eigenvalue weighted by molar-refractivity contribution is 5.37.